The molecule has 1 amide bonds. The molecule has 0 N–H and O–H groups in total. The zero-order chi connectivity index (χ0) is 19.0. The SMILES string of the molecule is CN(C)C(=O)c1nnc(CC2CCSC2)c2cc(-c3ccc(Cl)cc3)sc12. The number of amides is 1. The molecule has 0 radical (unpaired) electrons. The van der Waals surface area contributed by atoms with Crippen molar-refractivity contribution < 1.29 is 4.79 Å². The summed E-state index contributed by atoms with van der Waals surface area (Å²) in [5.41, 5.74) is 2.53. The molecule has 0 aliphatic carbocycles. The first-order chi connectivity index (χ1) is 13.0. The number of hydrogen-bond acceptors (Lipinski definition) is 5. The standard InChI is InChI=1S/C20H20ClN3OS2/c1-24(2)20(25)18-19-15(16(22-23-18)9-12-7-8-26-11-12)10-17(27-19)13-3-5-14(21)6-4-13/h3-6,10,12H,7-9,11H2,1-2H3. The van der Waals surface area contributed by atoms with E-state index < -0.39 is 0 Å². The van der Waals surface area contributed by atoms with Crippen molar-refractivity contribution in [3.05, 3.63) is 46.7 Å². The molecule has 1 fully saturated rings. The van der Waals surface area contributed by atoms with Gasteiger partial charge in [0.2, 0.25) is 0 Å². The highest BCUT2D eigenvalue weighted by atomic mass is 35.5. The van der Waals surface area contributed by atoms with E-state index in [1.54, 1.807) is 30.3 Å². The van der Waals surface area contributed by atoms with Gasteiger partial charge < -0.3 is 4.90 Å². The van der Waals surface area contributed by atoms with Crippen LogP contribution in [0, 0.1) is 5.92 Å². The second-order valence-corrected chi connectivity index (χ2v) is 9.63. The lowest BCUT2D eigenvalue weighted by Gasteiger charge is -2.12. The molecule has 0 bridgehead atoms. The Morgan fingerprint density at radius 3 is 2.70 bits per heavy atom. The van der Waals surface area contributed by atoms with E-state index in [9.17, 15) is 4.79 Å². The van der Waals surface area contributed by atoms with Gasteiger partial charge in [0.25, 0.3) is 5.91 Å². The molecule has 1 aliphatic heterocycles. The van der Waals surface area contributed by atoms with Crippen molar-refractivity contribution in [3.63, 3.8) is 0 Å². The van der Waals surface area contributed by atoms with Gasteiger partial charge >= 0.3 is 0 Å². The lowest BCUT2D eigenvalue weighted by atomic mass is 10.0. The van der Waals surface area contributed by atoms with Crippen LogP contribution in [0.3, 0.4) is 0 Å². The first-order valence-corrected chi connectivity index (χ1v) is 11.2. The summed E-state index contributed by atoms with van der Waals surface area (Å²) < 4.78 is 0.925. The minimum absolute atomic E-state index is 0.111. The van der Waals surface area contributed by atoms with Gasteiger partial charge in [-0.05, 0) is 54.0 Å². The number of aromatic nitrogens is 2. The molecule has 7 heteroatoms. The van der Waals surface area contributed by atoms with Crippen LogP contribution in [-0.2, 0) is 6.42 Å². The van der Waals surface area contributed by atoms with Crippen LogP contribution in [0.4, 0.5) is 0 Å². The highest BCUT2D eigenvalue weighted by Gasteiger charge is 2.23. The summed E-state index contributed by atoms with van der Waals surface area (Å²) in [4.78, 5) is 15.3. The average Bonchev–Trinajstić information content (AvgIpc) is 3.32. The maximum absolute atomic E-state index is 12.6. The van der Waals surface area contributed by atoms with Gasteiger partial charge in [-0.2, -0.15) is 16.9 Å². The van der Waals surface area contributed by atoms with Gasteiger partial charge in [-0.3, -0.25) is 4.79 Å². The van der Waals surface area contributed by atoms with Crippen LogP contribution in [0.1, 0.15) is 22.6 Å². The molecule has 1 unspecified atom stereocenters. The zero-order valence-electron chi connectivity index (χ0n) is 15.2. The summed E-state index contributed by atoms with van der Waals surface area (Å²) in [5, 5.41) is 10.6. The van der Waals surface area contributed by atoms with Crippen LogP contribution in [-0.4, -0.2) is 46.6 Å². The number of thiophene rings is 1. The number of halogens is 1. The van der Waals surface area contributed by atoms with Gasteiger partial charge in [0, 0.05) is 29.4 Å². The van der Waals surface area contributed by atoms with Crippen molar-refractivity contribution in [1.82, 2.24) is 15.1 Å². The van der Waals surface area contributed by atoms with Crippen LogP contribution >= 0.6 is 34.7 Å². The van der Waals surface area contributed by atoms with Gasteiger partial charge in [0.05, 0.1) is 10.4 Å². The Hall–Kier alpha value is -1.63. The van der Waals surface area contributed by atoms with Gasteiger partial charge in [-0.15, -0.1) is 16.4 Å². The lowest BCUT2D eigenvalue weighted by molar-refractivity contribution is 0.0823. The zero-order valence-corrected chi connectivity index (χ0v) is 17.6. The fourth-order valence-corrected chi connectivity index (χ4v) is 5.84. The Morgan fingerprint density at radius 2 is 2.04 bits per heavy atom. The third-order valence-electron chi connectivity index (χ3n) is 4.77. The van der Waals surface area contributed by atoms with Crippen molar-refractivity contribution in [2.24, 2.45) is 5.92 Å². The van der Waals surface area contributed by atoms with E-state index in [0.717, 1.165) is 32.6 Å². The largest absolute Gasteiger partial charge is 0.343 e. The number of carbonyl (C=O) groups is 1. The van der Waals surface area contributed by atoms with Crippen LogP contribution in [0.15, 0.2) is 30.3 Å². The molecule has 1 aliphatic rings. The first kappa shape index (κ1) is 18.7. The molecular weight excluding hydrogens is 398 g/mol. The molecule has 2 aromatic heterocycles. The molecule has 1 saturated heterocycles. The maximum atomic E-state index is 12.6. The van der Waals surface area contributed by atoms with Crippen molar-refractivity contribution in [1.29, 1.82) is 0 Å². The van der Waals surface area contributed by atoms with Crippen LogP contribution in [0.25, 0.3) is 20.5 Å². The molecule has 1 atom stereocenters. The topological polar surface area (TPSA) is 46.1 Å². The first-order valence-electron chi connectivity index (χ1n) is 8.87. The van der Waals surface area contributed by atoms with Gasteiger partial charge in [0.1, 0.15) is 0 Å². The Kier molecular flexibility index (Phi) is 5.39. The van der Waals surface area contributed by atoms with E-state index in [0.29, 0.717) is 16.6 Å². The molecule has 27 heavy (non-hydrogen) atoms. The smallest absolute Gasteiger partial charge is 0.275 e. The van der Waals surface area contributed by atoms with Gasteiger partial charge in [0.15, 0.2) is 5.69 Å². The number of fused-ring (bicyclic) bond motifs is 1. The molecular formula is C20H20ClN3OS2. The number of benzene rings is 1. The molecule has 3 aromatic rings. The summed E-state index contributed by atoms with van der Waals surface area (Å²) in [6, 6.07) is 9.95. The lowest BCUT2D eigenvalue weighted by Crippen LogP contribution is -2.23. The predicted octanol–water partition coefficient (Wildman–Crippen LogP) is 5.01. The van der Waals surface area contributed by atoms with Gasteiger partial charge in [-0.1, -0.05) is 23.7 Å². The van der Waals surface area contributed by atoms with Crippen molar-refractivity contribution >= 4 is 50.7 Å². The minimum Gasteiger partial charge on any atom is -0.343 e. The van der Waals surface area contributed by atoms with Crippen LogP contribution in [0.2, 0.25) is 5.02 Å². The molecule has 140 valence electrons. The summed E-state index contributed by atoms with van der Waals surface area (Å²) in [6.07, 6.45) is 2.14. The number of hydrogen-bond donors (Lipinski definition) is 0. The maximum Gasteiger partial charge on any atom is 0.275 e. The van der Waals surface area contributed by atoms with E-state index in [-0.39, 0.29) is 5.91 Å². The summed E-state index contributed by atoms with van der Waals surface area (Å²) in [7, 11) is 3.49. The van der Waals surface area contributed by atoms with Crippen molar-refractivity contribution in [3.8, 4) is 10.4 Å². The number of rotatable bonds is 4. The molecule has 1 aromatic carbocycles. The Morgan fingerprint density at radius 1 is 1.26 bits per heavy atom. The highest BCUT2D eigenvalue weighted by molar-refractivity contribution is 7.99. The van der Waals surface area contributed by atoms with E-state index in [2.05, 4.69) is 16.3 Å². The second kappa shape index (κ2) is 7.78. The average molecular weight is 418 g/mol. The van der Waals surface area contributed by atoms with Gasteiger partial charge in [-0.25, -0.2) is 0 Å². The fourth-order valence-electron chi connectivity index (χ4n) is 3.27. The third kappa shape index (κ3) is 3.84. The molecule has 4 nitrogen and oxygen atoms in total. The third-order valence-corrected chi connectivity index (χ3v) is 7.45. The van der Waals surface area contributed by atoms with E-state index in [1.807, 2.05) is 36.0 Å². The van der Waals surface area contributed by atoms with E-state index >= 15 is 0 Å². The van der Waals surface area contributed by atoms with E-state index in [4.69, 9.17) is 11.6 Å². The fraction of sp³-hybridized carbons (Fsp3) is 0.350. The van der Waals surface area contributed by atoms with Crippen LogP contribution in [0.5, 0.6) is 0 Å². The van der Waals surface area contributed by atoms with Crippen LogP contribution < -0.4 is 0 Å². The summed E-state index contributed by atoms with van der Waals surface area (Å²) in [6.45, 7) is 0. The molecule has 3 heterocycles. The Labute approximate surface area is 171 Å². The number of thioether (sulfide) groups is 1. The summed E-state index contributed by atoms with van der Waals surface area (Å²) in [5.74, 6) is 2.93. The molecule has 0 spiro atoms. The molecule has 0 saturated carbocycles. The van der Waals surface area contributed by atoms with Crippen molar-refractivity contribution in [2.75, 3.05) is 25.6 Å². The van der Waals surface area contributed by atoms with E-state index in [1.165, 1.54) is 17.9 Å². The minimum atomic E-state index is -0.111. The second-order valence-electron chi connectivity index (χ2n) is 6.99. The quantitative estimate of drug-likeness (QED) is 0.598. The molecule has 4 rings (SSSR count). The predicted molar refractivity (Wildman–Crippen MR) is 115 cm³/mol. The monoisotopic (exact) mass is 417 g/mol. The Bertz CT molecular complexity index is 979. The normalized spacial score (nSPS) is 16.8. The number of carbonyl (C=O) groups excluding carboxylic acids is 1. The Balaban J connectivity index is 1.83. The highest BCUT2D eigenvalue weighted by Crippen LogP contribution is 2.38. The number of nitrogens with zero attached hydrogens (tertiary/aromatic N) is 3. The van der Waals surface area contributed by atoms with Crippen molar-refractivity contribution in [2.45, 2.75) is 12.8 Å². The summed E-state index contributed by atoms with van der Waals surface area (Å²) >= 11 is 9.64.